The molecule has 0 amide bonds. The molecule has 1 unspecified atom stereocenters. The van der Waals surface area contributed by atoms with Crippen molar-refractivity contribution in [2.24, 2.45) is 9.98 Å². The van der Waals surface area contributed by atoms with Crippen LogP contribution in [0.3, 0.4) is 0 Å². The van der Waals surface area contributed by atoms with Crippen molar-refractivity contribution in [3.63, 3.8) is 0 Å². The summed E-state index contributed by atoms with van der Waals surface area (Å²) in [4.78, 5) is 10.6. The van der Waals surface area contributed by atoms with Crippen LogP contribution in [0.2, 0.25) is 0 Å². The first-order valence-electron chi connectivity index (χ1n) is 22.1. The van der Waals surface area contributed by atoms with Gasteiger partial charge in [0.05, 0.1) is 0 Å². The minimum atomic E-state index is -0.317. The fourth-order valence-electron chi connectivity index (χ4n) is 10.5. The molecule has 302 valence electrons. The van der Waals surface area contributed by atoms with E-state index in [1.807, 2.05) is 6.07 Å². The molecular formula is C60H41N3O. The minimum Gasteiger partial charge on any atom is -0.456 e. The van der Waals surface area contributed by atoms with E-state index in [9.17, 15) is 0 Å². The molecular weight excluding hydrogens is 779 g/mol. The predicted molar refractivity (Wildman–Crippen MR) is 267 cm³/mol. The zero-order valence-electron chi connectivity index (χ0n) is 35.4. The minimum absolute atomic E-state index is 0.126. The van der Waals surface area contributed by atoms with Crippen LogP contribution in [0, 0.1) is 0 Å². The van der Waals surface area contributed by atoms with Gasteiger partial charge >= 0.3 is 0 Å². The number of benzene rings is 10. The quantitative estimate of drug-likeness (QED) is 0.176. The number of amidine groups is 2. The summed E-state index contributed by atoms with van der Waals surface area (Å²) in [5.41, 5.74) is 14.4. The summed E-state index contributed by atoms with van der Waals surface area (Å²) in [6.45, 7) is 4.62. The van der Waals surface area contributed by atoms with Gasteiger partial charge in [-0.1, -0.05) is 178 Å². The molecule has 0 saturated carbocycles. The molecule has 0 fully saturated rings. The number of hydrogen-bond donors (Lipinski definition) is 1. The molecule has 0 spiro atoms. The Bertz CT molecular complexity index is 3760. The zero-order valence-corrected chi connectivity index (χ0v) is 35.4. The van der Waals surface area contributed by atoms with Crippen LogP contribution in [-0.2, 0) is 5.41 Å². The first-order chi connectivity index (χ1) is 31.5. The van der Waals surface area contributed by atoms with Crippen molar-refractivity contribution in [1.29, 1.82) is 0 Å². The molecule has 1 aromatic heterocycles. The second-order valence-electron chi connectivity index (χ2n) is 17.7. The number of aliphatic imine (C=N–C) groups is 2. The lowest BCUT2D eigenvalue weighted by atomic mass is 9.82. The van der Waals surface area contributed by atoms with Gasteiger partial charge in [-0.3, -0.25) is 0 Å². The molecule has 2 heterocycles. The third kappa shape index (κ3) is 5.62. The van der Waals surface area contributed by atoms with Gasteiger partial charge in [0.1, 0.15) is 23.2 Å². The molecule has 4 nitrogen and oxygen atoms in total. The number of fused-ring (bicyclic) bond motifs is 12. The largest absolute Gasteiger partial charge is 0.456 e. The number of hydrogen-bond acceptors (Lipinski definition) is 4. The van der Waals surface area contributed by atoms with Gasteiger partial charge in [0.25, 0.3) is 0 Å². The van der Waals surface area contributed by atoms with Crippen molar-refractivity contribution in [2.75, 3.05) is 0 Å². The summed E-state index contributed by atoms with van der Waals surface area (Å²) >= 11 is 0. The van der Waals surface area contributed by atoms with E-state index < -0.39 is 0 Å². The average Bonchev–Trinajstić information content (AvgIpc) is 3.84. The maximum Gasteiger partial charge on any atom is 0.160 e. The standard InChI is InChI=1S/C60H41N3O/c1-60(2)52-24-11-10-22-48(52)56-49(23-13-25-53(56)60)59-62-57(36-14-4-3-5-15-36)61-58(63-59)41-27-30-47-51-34-40(28-31-54(51)64-55(47)35-41)38-17-12-16-37(32-38)39-26-29-46-44-20-7-6-18-42(44)43-19-8-9-21-45(43)50(46)33-39/h3-35,57H,1-2H3,(H,61,62,63). The third-order valence-corrected chi connectivity index (χ3v) is 13.7. The first-order valence-corrected chi connectivity index (χ1v) is 22.1. The molecule has 11 aromatic rings. The highest BCUT2D eigenvalue weighted by Gasteiger charge is 2.37. The van der Waals surface area contributed by atoms with Gasteiger partial charge in [0.2, 0.25) is 0 Å². The lowest BCUT2D eigenvalue weighted by molar-refractivity contribution is 0.660. The topological polar surface area (TPSA) is 49.9 Å². The van der Waals surface area contributed by atoms with Crippen LogP contribution < -0.4 is 5.32 Å². The van der Waals surface area contributed by atoms with Crippen molar-refractivity contribution >= 4 is 65.9 Å². The number of furan rings is 1. The summed E-state index contributed by atoms with van der Waals surface area (Å²) in [5, 5.41) is 13.5. The molecule has 13 rings (SSSR count). The van der Waals surface area contributed by atoms with Crippen molar-refractivity contribution in [1.82, 2.24) is 5.32 Å². The number of rotatable bonds is 5. The molecule has 0 bridgehead atoms. The van der Waals surface area contributed by atoms with E-state index >= 15 is 0 Å². The predicted octanol–water partition coefficient (Wildman–Crippen LogP) is 15.2. The highest BCUT2D eigenvalue weighted by molar-refractivity contribution is 6.26. The van der Waals surface area contributed by atoms with Crippen LogP contribution in [0.25, 0.3) is 87.6 Å². The highest BCUT2D eigenvalue weighted by atomic mass is 16.3. The fourth-order valence-corrected chi connectivity index (χ4v) is 10.5. The summed E-state index contributed by atoms with van der Waals surface area (Å²) in [6, 6.07) is 72.0. The SMILES string of the molecule is CC1(C)c2ccccc2-c2c(C3=NC(c4ccccc4)NC(c4ccc5c(c4)oc4ccc(-c6cccc(-c7ccc8c9ccccc9c9ccccc9c8c7)c6)cc45)=N3)cccc21. The van der Waals surface area contributed by atoms with Crippen LogP contribution >= 0.6 is 0 Å². The summed E-state index contributed by atoms with van der Waals surface area (Å²) in [7, 11) is 0. The Morgan fingerprint density at radius 1 is 0.422 bits per heavy atom. The maximum absolute atomic E-state index is 6.61. The van der Waals surface area contributed by atoms with Gasteiger partial charge in [-0.25, -0.2) is 9.98 Å². The normalized spacial score (nSPS) is 15.3. The molecule has 1 atom stereocenters. The van der Waals surface area contributed by atoms with Crippen molar-refractivity contribution in [3.8, 4) is 33.4 Å². The smallest absolute Gasteiger partial charge is 0.160 e. The molecule has 4 heteroatoms. The Balaban J connectivity index is 0.877. The second kappa shape index (κ2) is 14.0. The Morgan fingerprint density at radius 3 is 1.75 bits per heavy atom. The van der Waals surface area contributed by atoms with E-state index in [0.29, 0.717) is 5.84 Å². The van der Waals surface area contributed by atoms with Crippen molar-refractivity contribution in [3.05, 3.63) is 228 Å². The Labute approximate surface area is 370 Å². The molecule has 0 saturated heterocycles. The number of nitrogens with zero attached hydrogens (tertiary/aromatic N) is 2. The van der Waals surface area contributed by atoms with Gasteiger partial charge in [-0.05, 0) is 119 Å². The molecule has 1 N–H and O–H groups in total. The molecule has 1 aliphatic heterocycles. The van der Waals surface area contributed by atoms with E-state index in [0.717, 1.165) is 55.6 Å². The van der Waals surface area contributed by atoms with E-state index in [1.54, 1.807) is 0 Å². The molecule has 1 aliphatic carbocycles. The van der Waals surface area contributed by atoms with Gasteiger partial charge in [-0.15, -0.1) is 0 Å². The van der Waals surface area contributed by atoms with Crippen molar-refractivity contribution < 1.29 is 4.42 Å². The summed E-state index contributed by atoms with van der Waals surface area (Å²) in [6.07, 6.45) is -0.317. The van der Waals surface area contributed by atoms with Crippen molar-refractivity contribution in [2.45, 2.75) is 25.4 Å². The average molecular weight is 820 g/mol. The van der Waals surface area contributed by atoms with Gasteiger partial charge < -0.3 is 9.73 Å². The summed E-state index contributed by atoms with van der Waals surface area (Å²) in [5.74, 6) is 1.48. The Hall–Kier alpha value is -8.08. The maximum atomic E-state index is 6.61. The third-order valence-electron chi connectivity index (χ3n) is 13.7. The van der Waals surface area contributed by atoms with E-state index in [2.05, 4.69) is 213 Å². The van der Waals surface area contributed by atoms with Crippen LogP contribution in [-0.4, -0.2) is 11.7 Å². The van der Waals surface area contributed by atoms with E-state index in [4.69, 9.17) is 14.4 Å². The lowest BCUT2D eigenvalue weighted by Crippen LogP contribution is -2.33. The molecule has 0 radical (unpaired) electrons. The molecule has 2 aliphatic rings. The lowest BCUT2D eigenvalue weighted by Gasteiger charge is -2.25. The van der Waals surface area contributed by atoms with Gasteiger partial charge in [-0.2, -0.15) is 0 Å². The fraction of sp³-hybridized carbons (Fsp3) is 0.0667. The Kier molecular flexibility index (Phi) is 7.98. The van der Waals surface area contributed by atoms with E-state index in [-0.39, 0.29) is 11.6 Å². The van der Waals surface area contributed by atoms with Crippen LogP contribution in [0.4, 0.5) is 0 Å². The second-order valence-corrected chi connectivity index (χ2v) is 17.7. The number of nitrogens with one attached hydrogen (secondary N) is 1. The van der Waals surface area contributed by atoms with Gasteiger partial charge in [0, 0.05) is 27.3 Å². The monoisotopic (exact) mass is 819 g/mol. The van der Waals surface area contributed by atoms with Gasteiger partial charge in [0.15, 0.2) is 5.84 Å². The first kappa shape index (κ1) is 36.6. The summed E-state index contributed by atoms with van der Waals surface area (Å²) < 4.78 is 6.61. The molecule has 10 aromatic carbocycles. The van der Waals surface area contributed by atoms with Crippen LogP contribution in [0.1, 0.15) is 47.8 Å². The zero-order chi connectivity index (χ0) is 42.5. The van der Waals surface area contributed by atoms with Crippen LogP contribution in [0.5, 0.6) is 0 Å². The Morgan fingerprint density at radius 2 is 0.984 bits per heavy atom. The molecule has 64 heavy (non-hydrogen) atoms. The highest BCUT2D eigenvalue weighted by Crippen LogP contribution is 2.50. The van der Waals surface area contributed by atoms with Crippen LogP contribution in [0.15, 0.2) is 215 Å². The van der Waals surface area contributed by atoms with E-state index in [1.165, 1.54) is 65.7 Å².